The molecule has 0 N–H and O–H groups in total. The van der Waals surface area contributed by atoms with Gasteiger partial charge in [0.2, 0.25) is 0 Å². The van der Waals surface area contributed by atoms with Crippen molar-refractivity contribution in [3.63, 3.8) is 0 Å². The third-order valence-electron chi connectivity index (χ3n) is 1.40. The van der Waals surface area contributed by atoms with Crippen LogP contribution < -0.4 is 0 Å². The van der Waals surface area contributed by atoms with Crippen LogP contribution in [0.4, 0.5) is 8.78 Å². The topological polar surface area (TPSA) is 0 Å². The fourth-order valence-corrected chi connectivity index (χ4v) is 0.896. The Labute approximate surface area is 68.8 Å². The highest BCUT2D eigenvalue weighted by molar-refractivity contribution is 6.20. The first-order valence-corrected chi connectivity index (χ1v) is 3.64. The second-order valence-corrected chi connectivity index (χ2v) is 2.94. The molecule has 1 aromatic carbocycles. The summed E-state index contributed by atoms with van der Waals surface area (Å²) in [7, 11) is 0. The van der Waals surface area contributed by atoms with E-state index in [2.05, 4.69) is 0 Å². The van der Waals surface area contributed by atoms with Gasteiger partial charge in [-0.3, -0.25) is 0 Å². The van der Waals surface area contributed by atoms with E-state index in [9.17, 15) is 8.78 Å². The molecule has 0 nitrogen and oxygen atoms in total. The smallest absolute Gasteiger partial charge is 0.159 e. The van der Waals surface area contributed by atoms with Gasteiger partial charge in [0.15, 0.2) is 11.6 Å². The molecule has 0 amide bonds. The molecule has 1 rings (SSSR count). The third-order valence-corrected chi connectivity index (χ3v) is 1.65. The minimum atomic E-state index is -0.852. The predicted molar refractivity (Wildman–Crippen MR) is 40.6 cm³/mol. The second kappa shape index (κ2) is 3.18. The van der Waals surface area contributed by atoms with Gasteiger partial charge in [-0.15, -0.1) is 11.6 Å². The summed E-state index contributed by atoms with van der Waals surface area (Å²) in [6.45, 7) is 1.70. The minimum Gasteiger partial charge on any atom is -0.204 e. The summed E-state index contributed by atoms with van der Waals surface area (Å²) < 4.78 is 24.8. The molecule has 0 saturated heterocycles. The molecule has 0 saturated carbocycles. The number of hydrogen-bond donors (Lipinski definition) is 0. The lowest BCUT2D eigenvalue weighted by molar-refractivity contribution is 0.507. The van der Waals surface area contributed by atoms with Gasteiger partial charge in [0.25, 0.3) is 0 Å². The van der Waals surface area contributed by atoms with Crippen LogP contribution >= 0.6 is 11.6 Å². The predicted octanol–water partition coefficient (Wildman–Crippen LogP) is 3.26. The van der Waals surface area contributed by atoms with E-state index in [1.165, 1.54) is 6.07 Å². The Bertz CT molecular complexity index is 258. The molecule has 0 spiro atoms. The lowest BCUT2D eigenvalue weighted by atomic mass is 10.1. The highest BCUT2D eigenvalue weighted by atomic mass is 35.5. The molecule has 60 valence electrons. The van der Waals surface area contributed by atoms with Gasteiger partial charge in [0.05, 0.1) is 5.38 Å². The maximum atomic E-state index is 12.5. The molecule has 0 aromatic heterocycles. The van der Waals surface area contributed by atoms with Crippen LogP contribution in [0.1, 0.15) is 17.9 Å². The average Bonchev–Trinajstić information content (AvgIpc) is 1.94. The summed E-state index contributed by atoms with van der Waals surface area (Å²) >= 11 is 5.64. The summed E-state index contributed by atoms with van der Waals surface area (Å²) in [5, 5.41) is -0.287. The Morgan fingerprint density at radius 2 is 1.91 bits per heavy atom. The van der Waals surface area contributed by atoms with E-state index in [1.807, 2.05) is 0 Å². The first kappa shape index (κ1) is 8.47. The van der Waals surface area contributed by atoms with Gasteiger partial charge < -0.3 is 0 Å². The number of hydrogen-bond acceptors (Lipinski definition) is 0. The van der Waals surface area contributed by atoms with Crippen LogP contribution in [0.5, 0.6) is 0 Å². The van der Waals surface area contributed by atoms with Crippen molar-refractivity contribution >= 4 is 11.6 Å². The molecule has 0 fully saturated rings. The lowest BCUT2D eigenvalue weighted by Gasteiger charge is -2.02. The van der Waals surface area contributed by atoms with Gasteiger partial charge in [-0.25, -0.2) is 8.78 Å². The first-order chi connectivity index (χ1) is 5.11. The Morgan fingerprint density at radius 1 is 1.27 bits per heavy atom. The van der Waals surface area contributed by atoms with Gasteiger partial charge >= 0.3 is 0 Å². The van der Waals surface area contributed by atoms with Crippen LogP contribution in [0.3, 0.4) is 0 Å². The largest absolute Gasteiger partial charge is 0.204 e. The standard InChI is InChI=1S/C8H7ClF2/c1-5(9)6-2-3-7(10)8(11)4-6/h2-5H,1H3/t5-/m1/s1. The van der Waals surface area contributed by atoms with Crippen LogP contribution in [0.2, 0.25) is 0 Å². The molecule has 0 aliphatic carbocycles. The minimum absolute atomic E-state index is 0.287. The summed E-state index contributed by atoms with van der Waals surface area (Å²) in [6, 6.07) is 3.65. The summed E-state index contributed by atoms with van der Waals surface area (Å²) in [5.74, 6) is -1.69. The van der Waals surface area contributed by atoms with Crippen LogP contribution in [0.25, 0.3) is 0 Å². The fraction of sp³-hybridized carbons (Fsp3) is 0.250. The van der Waals surface area contributed by atoms with E-state index in [0.717, 1.165) is 12.1 Å². The molecule has 1 aromatic rings. The second-order valence-electron chi connectivity index (χ2n) is 2.29. The van der Waals surface area contributed by atoms with Gasteiger partial charge in [-0.1, -0.05) is 6.07 Å². The molecule has 0 unspecified atom stereocenters. The van der Waals surface area contributed by atoms with E-state index >= 15 is 0 Å². The van der Waals surface area contributed by atoms with E-state index < -0.39 is 11.6 Å². The van der Waals surface area contributed by atoms with Gasteiger partial charge in [-0.2, -0.15) is 0 Å². The molecule has 0 radical (unpaired) electrons. The van der Waals surface area contributed by atoms with E-state index in [-0.39, 0.29) is 5.38 Å². The van der Waals surface area contributed by atoms with Crippen molar-refractivity contribution in [2.75, 3.05) is 0 Å². The molecular weight excluding hydrogens is 170 g/mol. The highest BCUT2D eigenvalue weighted by Crippen LogP contribution is 2.20. The number of rotatable bonds is 1. The monoisotopic (exact) mass is 176 g/mol. The maximum absolute atomic E-state index is 12.5. The van der Waals surface area contributed by atoms with Crippen molar-refractivity contribution in [2.24, 2.45) is 0 Å². The third kappa shape index (κ3) is 1.90. The molecule has 1 atom stereocenters. The Morgan fingerprint density at radius 3 is 2.36 bits per heavy atom. The van der Waals surface area contributed by atoms with Crippen LogP contribution in [0, 0.1) is 11.6 Å². The van der Waals surface area contributed by atoms with Crippen LogP contribution in [-0.4, -0.2) is 0 Å². The van der Waals surface area contributed by atoms with Gasteiger partial charge in [0.1, 0.15) is 0 Å². The van der Waals surface area contributed by atoms with Crippen molar-refractivity contribution in [1.82, 2.24) is 0 Å². The van der Waals surface area contributed by atoms with E-state index in [4.69, 9.17) is 11.6 Å². The summed E-state index contributed by atoms with van der Waals surface area (Å²) in [5.41, 5.74) is 0.588. The maximum Gasteiger partial charge on any atom is 0.159 e. The first-order valence-electron chi connectivity index (χ1n) is 3.20. The van der Waals surface area contributed by atoms with Crippen molar-refractivity contribution in [3.05, 3.63) is 35.4 Å². The fourth-order valence-electron chi connectivity index (χ4n) is 0.760. The van der Waals surface area contributed by atoms with Crippen LogP contribution in [-0.2, 0) is 0 Å². The highest BCUT2D eigenvalue weighted by Gasteiger charge is 2.05. The van der Waals surface area contributed by atoms with E-state index in [1.54, 1.807) is 6.92 Å². The zero-order chi connectivity index (χ0) is 8.43. The number of halogens is 3. The quantitative estimate of drug-likeness (QED) is 0.577. The normalized spacial score (nSPS) is 13.1. The SMILES string of the molecule is C[C@@H](Cl)c1ccc(F)c(F)c1. The van der Waals surface area contributed by atoms with Gasteiger partial charge in [0, 0.05) is 0 Å². The van der Waals surface area contributed by atoms with Crippen molar-refractivity contribution in [1.29, 1.82) is 0 Å². The average molecular weight is 177 g/mol. The van der Waals surface area contributed by atoms with Crippen molar-refractivity contribution in [3.8, 4) is 0 Å². The molecule has 0 heterocycles. The van der Waals surface area contributed by atoms with Crippen LogP contribution in [0.15, 0.2) is 18.2 Å². The summed E-state index contributed by atoms with van der Waals surface area (Å²) in [4.78, 5) is 0. The number of alkyl halides is 1. The lowest BCUT2D eigenvalue weighted by Crippen LogP contribution is -1.88. The Hall–Kier alpha value is -0.630. The molecular formula is C8H7ClF2. The zero-order valence-corrected chi connectivity index (χ0v) is 6.70. The van der Waals surface area contributed by atoms with Gasteiger partial charge in [-0.05, 0) is 24.6 Å². The molecule has 11 heavy (non-hydrogen) atoms. The van der Waals surface area contributed by atoms with E-state index in [0.29, 0.717) is 5.56 Å². The molecule has 0 aliphatic heterocycles. The number of benzene rings is 1. The van der Waals surface area contributed by atoms with Crippen molar-refractivity contribution in [2.45, 2.75) is 12.3 Å². The molecule has 3 heteroatoms. The Kier molecular flexibility index (Phi) is 2.45. The molecule has 0 aliphatic rings. The zero-order valence-electron chi connectivity index (χ0n) is 5.94. The summed E-state index contributed by atoms with van der Waals surface area (Å²) in [6.07, 6.45) is 0. The Balaban J connectivity index is 3.05. The van der Waals surface area contributed by atoms with Crippen molar-refractivity contribution < 1.29 is 8.78 Å². The molecule has 0 bridgehead atoms.